The van der Waals surface area contributed by atoms with Gasteiger partial charge >= 0.3 is 5.97 Å². The quantitative estimate of drug-likeness (QED) is 0.210. The first-order chi connectivity index (χ1) is 15.5. The summed E-state index contributed by atoms with van der Waals surface area (Å²) in [4.78, 5) is 12.6. The molecule has 1 N–H and O–H groups in total. The molecule has 33 heavy (non-hydrogen) atoms. The van der Waals surface area contributed by atoms with Crippen LogP contribution in [0.1, 0.15) is 143 Å². The van der Waals surface area contributed by atoms with Crippen molar-refractivity contribution in [3.8, 4) is 5.75 Å². The fourth-order valence-electron chi connectivity index (χ4n) is 4.47. The normalized spacial score (nSPS) is 13.2. The third kappa shape index (κ3) is 12.0. The Balaban J connectivity index is 2.41. The van der Waals surface area contributed by atoms with Crippen LogP contribution in [0.15, 0.2) is 18.2 Å². The molecule has 0 saturated heterocycles. The second-order valence-electron chi connectivity index (χ2n) is 11.9. The largest absolute Gasteiger partial charge is 0.508 e. The number of hydrogen-bond acceptors (Lipinski definition) is 3. The van der Waals surface area contributed by atoms with Gasteiger partial charge in [0.2, 0.25) is 0 Å². The first-order valence-corrected chi connectivity index (χ1v) is 13.5. The first-order valence-electron chi connectivity index (χ1n) is 13.5. The molecular formula is C30H52O3. The van der Waals surface area contributed by atoms with Crippen molar-refractivity contribution >= 4 is 5.97 Å². The highest BCUT2D eigenvalue weighted by molar-refractivity contribution is 5.70. The average Bonchev–Trinajstić information content (AvgIpc) is 2.71. The molecule has 0 radical (unpaired) electrons. The van der Waals surface area contributed by atoms with Crippen molar-refractivity contribution in [2.24, 2.45) is 5.41 Å². The van der Waals surface area contributed by atoms with Gasteiger partial charge < -0.3 is 9.84 Å². The zero-order valence-corrected chi connectivity index (χ0v) is 22.8. The third-order valence-corrected chi connectivity index (χ3v) is 6.66. The second kappa shape index (κ2) is 14.7. The molecule has 0 heterocycles. The summed E-state index contributed by atoms with van der Waals surface area (Å²) in [5, 5.41) is 10.3. The van der Waals surface area contributed by atoms with Crippen molar-refractivity contribution < 1.29 is 14.6 Å². The van der Waals surface area contributed by atoms with Crippen LogP contribution < -0.4 is 0 Å². The molecule has 0 aliphatic rings. The van der Waals surface area contributed by atoms with E-state index in [0.29, 0.717) is 18.8 Å². The van der Waals surface area contributed by atoms with Crippen molar-refractivity contribution in [3.05, 3.63) is 29.3 Å². The molecule has 3 nitrogen and oxygen atoms in total. The molecule has 0 fully saturated rings. The van der Waals surface area contributed by atoms with E-state index in [1.54, 1.807) is 6.07 Å². The smallest absolute Gasteiger partial charge is 0.306 e. The van der Waals surface area contributed by atoms with Crippen LogP contribution in [0.3, 0.4) is 0 Å². The number of carbonyl (C=O) groups excluding carboxylic acids is 1. The summed E-state index contributed by atoms with van der Waals surface area (Å²) in [6.07, 6.45) is 14.5. The highest BCUT2D eigenvalue weighted by Gasteiger charge is 2.30. The van der Waals surface area contributed by atoms with Crippen molar-refractivity contribution in [1.29, 1.82) is 0 Å². The first kappa shape index (κ1) is 29.5. The third-order valence-electron chi connectivity index (χ3n) is 6.66. The Bertz CT molecular complexity index is 679. The number of phenolic OH excluding ortho intramolecular Hbond substituents is 1. The van der Waals surface area contributed by atoms with E-state index in [1.807, 2.05) is 6.07 Å². The molecule has 1 aromatic carbocycles. The van der Waals surface area contributed by atoms with Crippen LogP contribution in [-0.4, -0.2) is 17.7 Å². The number of aromatic hydroxyl groups is 1. The monoisotopic (exact) mass is 460 g/mol. The number of ether oxygens (including phenoxy) is 1. The van der Waals surface area contributed by atoms with Gasteiger partial charge in [-0.3, -0.25) is 4.79 Å². The van der Waals surface area contributed by atoms with E-state index >= 15 is 0 Å². The lowest BCUT2D eigenvalue weighted by Gasteiger charge is -2.32. The molecule has 1 unspecified atom stereocenters. The maximum atomic E-state index is 12.6. The van der Waals surface area contributed by atoms with Gasteiger partial charge in [-0.15, -0.1) is 0 Å². The van der Waals surface area contributed by atoms with Crippen LogP contribution in [0.5, 0.6) is 5.75 Å². The number of hydrogen-bond donors (Lipinski definition) is 1. The molecule has 1 aromatic rings. The lowest BCUT2D eigenvalue weighted by atomic mass is 9.73. The van der Waals surface area contributed by atoms with Gasteiger partial charge in [0.25, 0.3) is 0 Å². The minimum Gasteiger partial charge on any atom is -0.508 e. The zero-order chi connectivity index (χ0) is 24.9. The van der Waals surface area contributed by atoms with Crippen molar-refractivity contribution in [2.45, 2.75) is 137 Å². The van der Waals surface area contributed by atoms with E-state index in [1.165, 1.54) is 57.8 Å². The van der Waals surface area contributed by atoms with E-state index in [-0.39, 0.29) is 22.7 Å². The van der Waals surface area contributed by atoms with Gasteiger partial charge in [0.15, 0.2) is 0 Å². The van der Waals surface area contributed by atoms with Gasteiger partial charge in [0, 0.05) is 0 Å². The Hall–Kier alpha value is -1.51. The van der Waals surface area contributed by atoms with Gasteiger partial charge in [-0.25, -0.2) is 0 Å². The van der Waals surface area contributed by atoms with Crippen LogP contribution >= 0.6 is 0 Å². The molecule has 0 amide bonds. The van der Waals surface area contributed by atoms with Crippen molar-refractivity contribution in [2.75, 3.05) is 6.61 Å². The van der Waals surface area contributed by atoms with Gasteiger partial charge in [0.05, 0.1) is 13.0 Å². The molecule has 0 bridgehead atoms. The molecule has 0 aromatic heterocycles. The SMILES string of the molecule is CCCCCCCCCCCCCOC(=O)CC(c1ccc(O)c(C(C)(C)C)c1)C(C)(C)C. The number of benzene rings is 1. The van der Waals surface area contributed by atoms with E-state index in [2.05, 4.69) is 54.5 Å². The van der Waals surface area contributed by atoms with Gasteiger partial charge in [-0.1, -0.05) is 125 Å². The summed E-state index contributed by atoms with van der Waals surface area (Å²) in [5.41, 5.74) is 1.78. The molecule has 1 rings (SSSR count). The maximum absolute atomic E-state index is 12.6. The molecule has 0 aliphatic heterocycles. The molecule has 190 valence electrons. The summed E-state index contributed by atoms with van der Waals surface area (Å²) in [5.74, 6) is 0.245. The second-order valence-corrected chi connectivity index (χ2v) is 11.9. The average molecular weight is 461 g/mol. The minimum atomic E-state index is -0.155. The predicted molar refractivity (Wildman–Crippen MR) is 141 cm³/mol. The standard InChI is InChI=1S/C30H52O3/c1-8-9-10-11-12-13-14-15-16-17-18-21-33-28(32)23-25(29(2,3)4)24-19-20-27(31)26(22-24)30(5,6)7/h19-20,22,25,31H,8-18,21,23H2,1-7H3. The number of phenols is 1. The molecule has 0 saturated carbocycles. The van der Waals surface area contributed by atoms with Crippen molar-refractivity contribution in [1.82, 2.24) is 0 Å². The highest BCUT2D eigenvalue weighted by Crippen LogP contribution is 2.41. The number of unbranched alkanes of at least 4 members (excludes halogenated alkanes) is 10. The lowest BCUT2D eigenvalue weighted by Crippen LogP contribution is -2.23. The molecular weight excluding hydrogens is 408 g/mol. The maximum Gasteiger partial charge on any atom is 0.306 e. The predicted octanol–water partition coefficient (Wildman–Crippen LogP) is 9.06. The number of rotatable bonds is 15. The summed E-state index contributed by atoms with van der Waals surface area (Å²) in [7, 11) is 0. The van der Waals surface area contributed by atoms with Gasteiger partial charge in [-0.05, 0) is 40.4 Å². The molecule has 1 atom stereocenters. The Labute approximate surface area is 204 Å². The van der Waals surface area contributed by atoms with Crippen LogP contribution in [-0.2, 0) is 14.9 Å². The summed E-state index contributed by atoms with van der Waals surface area (Å²) in [6.45, 7) is 15.6. The van der Waals surface area contributed by atoms with E-state index < -0.39 is 0 Å². The highest BCUT2D eigenvalue weighted by atomic mass is 16.5. The van der Waals surface area contributed by atoms with Gasteiger partial charge in [0.1, 0.15) is 5.75 Å². The summed E-state index contributed by atoms with van der Waals surface area (Å²) < 4.78 is 5.60. The summed E-state index contributed by atoms with van der Waals surface area (Å²) in [6, 6.07) is 5.80. The van der Waals surface area contributed by atoms with E-state index in [4.69, 9.17) is 4.74 Å². The minimum absolute atomic E-state index is 0.0454. The number of carbonyl (C=O) groups is 1. The molecule has 0 spiro atoms. The van der Waals surface area contributed by atoms with Crippen LogP contribution in [0, 0.1) is 5.41 Å². The Morgan fingerprint density at radius 2 is 1.36 bits per heavy atom. The Kier molecular flexibility index (Phi) is 13.1. The molecule has 3 heteroatoms. The zero-order valence-electron chi connectivity index (χ0n) is 22.8. The lowest BCUT2D eigenvalue weighted by molar-refractivity contribution is -0.144. The van der Waals surface area contributed by atoms with Crippen LogP contribution in [0.25, 0.3) is 0 Å². The number of esters is 1. The van der Waals surface area contributed by atoms with E-state index in [0.717, 1.165) is 24.0 Å². The Morgan fingerprint density at radius 1 is 0.848 bits per heavy atom. The van der Waals surface area contributed by atoms with E-state index in [9.17, 15) is 9.90 Å². The topological polar surface area (TPSA) is 46.5 Å². The van der Waals surface area contributed by atoms with Crippen LogP contribution in [0.2, 0.25) is 0 Å². The molecule has 0 aliphatic carbocycles. The fraction of sp³-hybridized carbons (Fsp3) is 0.767. The Morgan fingerprint density at radius 3 is 1.85 bits per heavy atom. The summed E-state index contributed by atoms with van der Waals surface area (Å²) >= 11 is 0. The van der Waals surface area contributed by atoms with Crippen molar-refractivity contribution in [3.63, 3.8) is 0 Å². The van der Waals surface area contributed by atoms with Crippen LogP contribution in [0.4, 0.5) is 0 Å². The van der Waals surface area contributed by atoms with Gasteiger partial charge in [-0.2, -0.15) is 0 Å². The fourth-order valence-corrected chi connectivity index (χ4v) is 4.47.